The lowest BCUT2D eigenvalue weighted by atomic mass is 10.1. The molecule has 4 atom stereocenters. The van der Waals surface area contributed by atoms with Crippen LogP contribution in [0.1, 0.15) is 44.3 Å². The monoisotopic (exact) mass is 366 g/mol. The predicted molar refractivity (Wildman–Crippen MR) is 90.7 cm³/mol. The van der Waals surface area contributed by atoms with E-state index < -0.39 is 12.8 Å². The molecule has 0 aliphatic heterocycles. The lowest BCUT2D eigenvalue weighted by molar-refractivity contribution is -0.0494. The van der Waals surface area contributed by atoms with E-state index in [2.05, 4.69) is 14.8 Å². The topological polar surface area (TPSA) is 66.0 Å². The third-order valence-electron chi connectivity index (χ3n) is 5.38. The van der Waals surface area contributed by atoms with Gasteiger partial charge < -0.3 is 10.5 Å². The number of hydrogen-bond donors (Lipinski definition) is 1. The van der Waals surface area contributed by atoms with Gasteiger partial charge >= 0.3 is 6.61 Å². The van der Waals surface area contributed by atoms with E-state index in [0.717, 1.165) is 5.69 Å². The van der Waals surface area contributed by atoms with E-state index in [-0.39, 0.29) is 17.6 Å². The van der Waals surface area contributed by atoms with Crippen LogP contribution in [0.3, 0.4) is 0 Å². The molecule has 8 heteroatoms. The fourth-order valence-electron chi connectivity index (χ4n) is 4.21. The summed E-state index contributed by atoms with van der Waals surface area (Å²) in [7, 11) is 0. The molecule has 2 N–H and O–H groups in total. The van der Waals surface area contributed by atoms with Crippen LogP contribution in [0.15, 0.2) is 18.3 Å². The summed E-state index contributed by atoms with van der Waals surface area (Å²) in [6.45, 7) is 1.09. The summed E-state index contributed by atoms with van der Waals surface area (Å²) >= 11 is 0. The Morgan fingerprint density at radius 2 is 1.92 bits per heavy atom. The summed E-state index contributed by atoms with van der Waals surface area (Å²) in [5.74, 6) is 0.831. The van der Waals surface area contributed by atoms with Gasteiger partial charge in [0.05, 0.1) is 5.69 Å². The molecule has 0 amide bonds. The van der Waals surface area contributed by atoms with Gasteiger partial charge in [0, 0.05) is 29.4 Å². The number of nitrogens with zero attached hydrogens (tertiary/aromatic N) is 3. The van der Waals surface area contributed by atoms with E-state index in [1.54, 1.807) is 0 Å². The van der Waals surface area contributed by atoms with Gasteiger partial charge in [0.15, 0.2) is 11.6 Å². The molecule has 5 nitrogen and oxygen atoms in total. The van der Waals surface area contributed by atoms with Crippen LogP contribution in [-0.4, -0.2) is 27.5 Å². The smallest absolute Gasteiger partial charge is 0.387 e. The Labute approximate surface area is 149 Å². The zero-order valence-corrected chi connectivity index (χ0v) is 14.6. The predicted octanol–water partition coefficient (Wildman–Crippen LogP) is 4.17. The van der Waals surface area contributed by atoms with E-state index in [4.69, 9.17) is 5.73 Å². The number of hydrogen-bond acceptors (Lipinski definition) is 4. The van der Waals surface area contributed by atoms with Crippen LogP contribution in [0.25, 0.3) is 11.3 Å². The summed E-state index contributed by atoms with van der Waals surface area (Å²) in [5.41, 5.74) is 7.86. The number of pyridine rings is 1. The normalized spacial score (nSPS) is 27.2. The van der Waals surface area contributed by atoms with Crippen molar-refractivity contribution >= 4 is 5.82 Å². The lowest BCUT2D eigenvalue weighted by Crippen LogP contribution is -2.09. The van der Waals surface area contributed by atoms with Crippen LogP contribution < -0.4 is 10.5 Å². The standard InChI is InChI=1S/C18H21F3N4O/c1-8(2)25-14(16-11-4-10(19)5-12(11)16)6-13(24-25)9-3-15(26-18(20)21)17(22)23-7-9/h3,6-8,10-12,16,18H,4-5H2,1-2H3,(H2,22,23)/t10?,11-,12+,16?. The minimum Gasteiger partial charge on any atom is -0.431 e. The number of nitrogen functional groups attached to an aromatic ring is 1. The molecule has 2 unspecified atom stereocenters. The molecule has 2 aliphatic rings. The van der Waals surface area contributed by atoms with Gasteiger partial charge in [-0.2, -0.15) is 13.9 Å². The molecule has 4 rings (SSSR count). The van der Waals surface area contributed by atoms with Gasteiger partial charge in [-0.3, -0.25) is 4.68 Å². The maximum atomic E-state index is 13.5. The Morgan fingerprint density at radius 3 is 2.54 bits per heavy atom. The molecule has 2 aliphatic carbocycles. The zero-order valence-electron chi connectivity index (χ0n) is 14.6. The Bertz CT molecular complexity index is 811. The number of fused-ring (bicyclic) bond motifs is 1. The number of anilines is 1. The van der Waals surface area contributed by atoms with E-state index >= 15 is 0 Å². The van der Waals surface area contributed by atoms with Crippen LogP contribution in [0.4, 0.5) is 19.0 Å². The van der Waals surface area contributed by atoms with Crippen molar-refractivity contribution in [2.45, 2.75) is 51.4 Å². The first kappa shape index (κ1) is 17.2. The minimum atomic E-state index is -2.97. The van der Waals surface area contributed by atoms with Crippen LogP contribution in [0.5, 0.6) is 5.75 Å². The maximum absolute atomic E-state index is 13.5. The van der Waals surface area contributed by atoms with Crippen molar-refractivity contribution in [2.24, 2.45) is 11.8 Å². The second-order valence-electron chi connectivity index (χ2n) is 7.40. The highest BCUT2D eigenvalue weighted by atomic mass is 19.3. The number of nitrogens with two attached hydrogens (primary N) is 1. The summed E-state index contributed by atoms with van der Waals surface area (Å²) < 4.78 is 44.9. The molecular weight excluding hydrogens is 345 g/mol. The third kappa shape index (κ3) is 2.91. The van der Waals surface area contributed by atoms with Gasteiger partial charge in [-0.1, -0.05) is 0 Å². The van der Waals surface area contributed by atoms with Crippen molar-refractivity contribution < 1.29 is 17.9 Å². The molecule has 2 aromatic rings. The Balaban J connectivity index is 1.67. The molecule has 2 aromatic heterocycles. The van der Waals surface area contributed by atoms with Crippen molar-refractivity contribution in [3.05, 3.63) is 24.0 Å². The van der Waals surface area contributed by atoms with Crippen molar-refractivity contribution in [1.82, 2.24) is 14.8 Å². The molecule has 26 heavy (non-hydrogen) atoms. The first-order chi connectivity index (χ1) is 12.3. The van der Waals surface area contributed by atoms with Gasteiger partial charge in [0.25, 0.3) is 0 Å². The molecule has 140 valence electrons. The van der Waals surface area contributed by atoms with Gasteiger partial charge in [0.1, 0.15) is 6.17 Å². The van der Waals surface area contributed by atoms with Crippen molar-refractivity contribution in [3.63, 3.8) is 0 Å². The molecule has 0 radical (unpaired) electrons. The molecule has 2 heterocycles. The second kappa shape index (κ2) is 6.17. The molecule has 0 spiro atoms. The average molecular weight is 366 g/mol. The number of ether oxygens (including phenoxy) is 1. The molecule has 2 fully saturated rings. The first-order valence-electron chi connectivity index (χ1n) is 8.79. The van der Waals surface area contributed by atoms with E-state index in [1.165, 1.54) is 12.3 Å². The van der Waals surface area contributed by atoms with E-state index in [1.807, 2.05) is 24.6 Å². The molecule has 0 saturated heterocycles. The Hall–Kier alpha value is -2.25. The summed E-state index contributed by atoms with van der Waals surface area (Å²) in [4.78, 5) is 3.94. The quantitative estimate of drug-likeness (QED) is 0.862. The van der Waals surface area contributed by atoms with Gasteiger partial charge in [-0.25, -0.2) is 9.37 Å². The summed E-state index contributed by atoms with van der Waals surface area (Å²) in [5, 5.41) is 4.64. The van der Waals surface area contributed by atoms with Crippen LogP contribution in [0.2, 0.25) is 0 Å². The Morgan fingerprint density at radius 1 is 1.23 bits per heavy atom. The third-order valence-corrected chi connectivity index (χ3v) is 5.38. The van der Waals surface area contributed by atoms with Crippen molar-refractivity contribution in [3.8, 4) is 17.0 Å². The zero-order chi connectivity index (χ0) is 18.6. The maximum Gasteiger partial charge on any atom is 0.387 e. The Kier molecular flexibility index (Phi) is 4.08. The molecule has 0 aromatic carbocycles. The second-order valence-corrected chi connectivity index (χ2v) is 7.40. The first-order valence-corrected chi connectivity index (χ1v) is 8.79. The van der Waals surface area contributed by atoms with Crippen LogP contribution in [-0.2, 0) is 0 Å². The number of aromatic nitrogens is 3. The minimum absolute atomic E-state index is 0.0942. The number of halogens is 3. The summed E-state index contributed by atoms with van der Waals surface area (Å²) in [6, 6.07) is 3.52. The fourth-order valence-corrected chi connectivity index (χ4v) is 4.21. The fraction of sp³-hybridized carbons (Fsp3) is 0.556. The van der Waals surface area contributed by atoms with E-state index in [0.29, 0.717) is 41.9 Å². The van der Waals surface area contributed by atoms with Gasteiger partial charge in [-0.15, -0.1) is 0 Å². The molecular formula is C18H21F3N4O. The average Bonchev–Trinajstić information content (AvgIpc) is 2.94. The van der Waals surface area contributed by atoms with Crippen molar-refractivity contribution in [1.29, 1.82) is 0 Å². The number of alkyl halides is 3. The largest absolute Gasteiger partial charge is 0.431 e. The SMILES string of the molecule is CC(C)n1nc(-c2cnc(N)c(OC(F)F)c2)cc1C1[C@H]2CC(F)C[C@@H]12. The molecule has 0 bridgehead atoms. The van der Waals surface area contributed by atoms with Gasteiger partial charge in [-0.05, 0) is 50.7 Å². The highest BCUT2D eigenvalue weighted by molar-refractivity contribution is 5.64. The van der Waals surface area contributed by atoms with Crippen LogP contribution in [0, 0.1) is 11.8 Å². The molecule has 2 saturated carbocycles. The summed E-state index contributed by atoms with van der Waals surface area (Å²) in [6.07, 6.45) is 2.04. The highest BCUT2D eigenvalue weighted by Gasteiger charge is 2.58. The van der Waals surface area contributed by atoms with E-state index in [9.17, 15) is 13.2 Å². The lowest BCUT2D eigenvalue weighted by Gasteiger charge is -2.12. The van der Waals surface area contributed by atoms with Crippen LogP contribution >= 0.6 is 0 Å². The highest BCUT2D eigenvalue weighted by Crippen LogP contribution is 2.64. The van der Waals surface area contributed by atoms with Crippen molar-refractivity contribution in [2.75, 3.05) is 5.73 Å². The number of rotatable bonds is 5. The van der Waals surface area contributed by atoms with Gasteiger partial charge in [0.2, 0.25) is 0 Å².